The summed E-state index contributed by atoms with van der Waals surface area (Å²) in [5, 5.41) is 20.8. The van der Waals surface area contributed by atoms with Crippen molar-refractivity contribution in [3.63, 3.8) is 0 Å². The third kappa shape index (κ3) is 107. The molecule has 0 aliphatic heterocycles. The van der Waals surface area contributed by atoms with E-state index in [0.717, 1.165) is 173 Å². The minimum Gasteiger partial charge on any atom is -0.463 e. The fourth-order valence-corrected chi connectivity index (χ4v) is 16.4. The van der Waals surface area contributed by atoms with E-state index < -0.39 is 91.5 Å². The highest BCUT2D eigenvalue weighted by molar-refractivity contribution is 7.47. The molecular weight excluding hydrogens is 1700 g/mol. The van der Waals surface area contributed by atoms with Gasteiger partial charge in [-0.05, 0) is 161 Å². The van der Waals surface area contributed by atoms with E-state index in [2.05, 4.69) is 215 Å². The van der Waals surface area contributed by atoms with Crippen LogP contribution in [0.15, 0.2) is 194 Å². The quantitative estimate of drug-likeness (QED) is 0.0146. The molecule has 0 spiro atoms. The number of carbonyl (C=O) groups excluding carboxylic acids is 3. The van der Waals surface area contributed by atoms with E-state index in [4.69, 9.17) is 32.3 Å². The van der Waals surface area contributed by atoms with Crippen LogP contribution in [0.2, 0.25) is 0 Å². The Morgan fingerprint density at radius 3 is 0.594 bits per heavy atom. The van der Waals surface area contributed by atoms with Crippen molar-refractivity contribution in [3.8, 4) is 0 Å². The minimum absolute atomic E-state index is 0.0953. The van der Waals surface area contributed by atoms with Gasteiger partial charge >= 0.3 is 33.6 Å². The van der Waals surface area contributed by atoms with Crippen LogP contribution in [0.5, 0.6) is 0 Å². The average molecular weight is 1900 g/mol. The topological polar surface area (TPSA) is 231 Å². The van der Waals surface area contributed by atoms with Gasteiger partial charge in [0.15, 0.2) is 6.10 Å². The van der Waals surface area contributed by atoms with E-state index in [-0.39, 0.29) is 19.3 Å². The molecule has 0 bridgehead atoms. The monoisotopic (exact) mass is 1900 g/mol. The number of hydrogen-bond donors (Lipinski definition) is 4. The number of aliphatic hydroxyl groups excluding tert-OH is 2. The van der Waals surface area contributed by atoms with Crippen LogP contribution in [0.25, 0.3) is 0 Å². The molecule has 0 saturated heterocycles. The number of carbonyl (C=O) groups is 3. The number of esters is 3. The summed E-state index contributed by atoms with van der Waals surface area (Å²) in [6.45, 7) is 2.42. The minimum atomic E-state index is -4.95. The third-order valence-corrected chi connectivity index (χ3v) is 24.7. The van der Waals surface area contributed by atoms with Gasteiger partial charge < -0.3 is 34.2 Å². The molecule has 0 aliphatic rings. The Balaban J connectivity index is 4.59. The summed E-state index contributed by atoms with van der Waals surface area (Å²) in [6.07, 6.45) is 142. The summed E-state index contributed by atoms with van der Waals surface area (Å²) < 4.78 is 61.8. The lowest BCUT2D eigenvalue weighted by Crippen LogP contribution is -2.30. The summed E-state index contributed by atoms with van der Waals surface area (Å²) in [6, 6.07) is 0. The van der Waals surface area contributed by atoms with Crippen molar-refractivity contribution >= 4 is 33.6 Å². The highest BCUT2D eigenvalue weighted by Crippen LogP contribution is 2.45. The molecule has 0 aromatic rings. The van der Waals surface area contributed by atoms with Gasteiger partial charge in [-0.1, -0.05) is 472 Å². The molecule has 133 heavy (non-hydrogen) atoms. The number of phosphoric acid groups is 2. The summed E-state index contributed by atoms with van der Waals surface area (Å²) in [5.74, 6) is -1.56. The predicted molar refractivity (Wildman–Crippen MR) is 564 cm³/mol. The van der Waals surface area contributed by atoms with E-state index in [1.54, 1.807) is 0 Å². The second-order valence-corrected chi connectivity index (χ2v) is 38.5. The van der Waals surface area contributed by atoms with Gasteiger partial charge in [-0.2, -0.15) is 0 Å². The summed E-state index contributed by atoms with van der Waals surface area (Å²) >= 11 is 0. The third-order valence-electron chi connectivity index (χ3n) is 22.8. The standard InChI is InChI=1S/C115H196O16P2/c1-4-7-10-13-16-19-22-25-28-31-34-37-40-43-46-49-51-53-54-56-58-60-62-65-68-71-74-77-80-83-86-89-92-95-98-101-113(118)125-104-110(116)105-127-132(121,122)128-106-111(117)107-129-133(123,124)130-109-112(131-115(120)103-100-97-94-91-88-85-82-79-76-73-70-67-64-59-48-45-42-39-36-33-30-27-24-21-18-15-12-9-6-3)108-126-114(119)102-99-96-93-90-87-84-81-78-75-72-69-66-63-61-57-55-52-50-47-44-41-38-35-32-29-26-23-20-17-14-11-8-5-2/h7-12,16-21,25-30,34-39,43-48,64,67,110-112,116-117H,4-6,13-15,22-24,31-33,40-42,49-63,65-66,68-109H2,1-3H3,(H,121,122)(H,123,124)/b10-7-,11-8-,12-9-,19-16-,20-17-,21-18-,28-25-,29-26-,30-27-,37-34-,38-35-,39-36-,46-43-,47-44-,48-45-,67-64-. The largest absolute Gasteiger partial charge is 0.472 e. The zero-order valence-corrected chi connectivity index (χ0v) is 86.4. The van der Waals surface area contributed by atoms with Gasteiger partial charge in [-0.15, -0.1) is 0 Å². The van der Waals surface area contributed by atoms with Crippen LogP contribution < -0.4 is 0 Å². The normalized spacial score (nSPS) is 14.4. The fraction of sp³-hybridized carbons (Fsp3) is 0.696. The van der Waals surface area contributed by atoms with Gasteiger partial charge in [0.25, 0.3) is 0 Å². The Morgan fingerprint density at radius 2 is 0.376 bits per heavy atom. The lowest BCUT2D eigenvalue weighted by Gasteiger charge is -2.21. The Hall–Kier alpha value is -5.61. The number of ether oxygens (including phenoxy) is 3. The fourth-order valence-electron chi connectivity index (χ4n) is 14.8. The molecule has 4 N–H and O–H groups in total. The van der Waals surface area contributed by atoms with Crippen molar-refractivity contribution in [1.29, 1.82) is 0 Å². The van der Waals surface area contributed by atoms with Crippen LogP contribution in [0.1, 0.15) is 457 Å². The average Bonchev–Trinajstić information content (AvgIpc) is 0.896. The van der Waals surface area contributed by atoms with Crippen LogP contribution in [0, 0.1) is 0 Å². The van der Waals surface area contributed by atoms with Gasteiger partial charge in [0.05, 0.1) is 26.4 Å². The molecule has 0 aromatic heterocycles. The highest BCUT2D eigenvalue weighted by atomic mass is 31.2. The molecule has 16 nitrogen and oxygen atoms in total. The maximum absolute atomic E-state index is 13.1. The number of phosphoric ester groups is 2. The first kappa shape index (κ1) is 127. The molecule has 18 heteroatoms. The van der Waals surface area contributed by atoms with Crippen molar-refractivity contribution in [2.24, 2.45) is 0 Å². The summed E-state index contributed by atoms with van der Waals surface area (Å²) in [7, 11) is -9.82. The van der Waals surface area contributed by atoms with Crippen molar-refractivity contribution < 1.29 is 75.8 Å². The highest BCUT2D eigenvalue weighted by Gasteiger charge is 2.30. The van der Waals surface area contributed by atoms with Gasteiger partial charge in [0.1, 0.15) is 25.4 Å². The number of rotatable bonds is 101. The maximum atomic E-state index is 13.1. The van der Waals surface area contributed by atoms with Gasteiger partial charge in [-0.25, -0.2) is 9.13 Å². The molecule has 0 amide bonds. The first-order valence-electron chi connectivity index (χ1n) is 53.7. The molecule has 0 fully saturated rings. The van der Waals surface area contributed by atoms with Crippen molar-refractivity contribution in [2.75, 3.05) is 39.6 Å². The van der Waals surface area contributed by atoms with Crippen LogP contribution in [0.4, 0.5) is 0 Å². The predicted octanol–water partition coefficient (Wildman–Crippen LogP) is 34.5. The number of unbranched alkanes of at least 4 members (excludes halogenated alkanes) is 46. The zero-order chi connectivity index (χ0) is 96.4. The van der Waals surface area contributed by atoms with E-state index >= 15 is 0 Å². The molecule has 0 radical (unpaired) electrons. The van der Waals surface area contributed by atoms with Gasteiger partial charge in [0.2, 0.25) is 0 Å². The molecule has 0 aromatic carbocycles. The van der Waals surface area contributed by atoms with Crippen LogP contribution >= 0.6 is 15.6 Å². The number of aliphatic hydroxyl groups is 2. The zero-order valence-electron chi connectivity index (χ0n) is 84.6. The molecule has 5 unspecified atom stereocenters. The van der Waals surface area contributed by atoms with Crippen LogP contribution in [0.3, 0.4) is 0 Å². The van der Waals surface area contributed by atoms with Crippen molar-refractivity contribution in [3.05, 3.63) is 194 Å². The Morgan fingerprint density at radius 1 is 0.211 bits per heavy atom. The van der Waals surface area contributed by atoms with Crippen molar-refractivity contribution in [2.45, 2.75) is 476 Å². The Kier molecular flexibility index (Phi) is 101. The Labute approximate surface area is 814 Å². The lowest BCUT2D eigenvalue weighted by molar-refractivity contribution is -0.161. The smallest absolute Gasteiger partial charge is 0.463 e. The molecule has 0 saturated carbocycles. The van der Waals surface area contributed by atoms with E-state index in [0.29, 0.717) is 19.3 Å². The lowest BCUT2D eigenvalue weighted by atomic mass is 10.0. The second-order valence-electron chi connectivity index (χ2n) is 35.6. The SMILES string of the molecule is CC/C=C\C/C=C\C/C=C\C/C=C\C/C=C\C/C=C\CCCCCCCCCCCCC(=O)OC(COC(=O)CCCCCCCCCCCCCCCCCCC/C=C\C/C=C\C/C=C\C/C=C\C/C=C\CC)COP(=O)(O)OCC(O)COP(=O)(O)OCC(O)COC(=O)CCCCCCCCCCCCCCCCCCCCC/C=C\C/C=C\C/C=C\C/C=C\C/C=C\CC. The van der Waals surface area contributed by atoms with Gasteiger partial charge in [-0.3, -0.25) is 32.5 Å². The maximum Gasteiger partial charge on any atom is 0.472 e. The number of allylic oxidation sites excluding steroid dienone is 32. The first-order chi connectivity index (χ1) is 65.2. The van der Waals surface area contributed by atoms with Crippen molar-refractivity contribution in [1.82, 2.24) is 0 Å². The Bertz CT molecular complexity index is 3200. The van der Waals surface area contributed by atoms with Gasteiger partial charge in [0, 0.05) is 19.3 Å². The molecule has 5 atom stereocenters. The first-order valence-corrected chi connectivity index (χ1v) is 56.7. The van der Waals surface area contributed by atoms with Crippen LogP contribution in [-0.4, -0.2) is 95.9 Å². The summed E-state index contributed by atoms with van der Waals surface area (Å²) in [4.78, 5) is 59.3. The molecular formula is C115H196O16P2. The molecule has 0 heterocycles. The summed E-state index contributed by atoms with van der Waals surface area (Å²) in [5.41, 5.74) is 0. The molecule has 0 aliphatic carbocycles. The molecule has 0 rings (SSSR count). The second kappa shape index (κ2) is 105. The van der Waals surface area contributed by atoms with E-state index in [1.165, 1.54) is 225 Å². The molecule has 762 valence electrons. The van der Waals surface area contributed by atoms with Crippen LogP contribution in [-0.2, 0) is 55.8 Å². The van der Waals surface area contributed by atoms with E-state index in [1.807, 2.05) is 0 Å². The van der Waals surface area contributed by atoms with E-state index in [9.17, 15) is 43.5 Å². The number of hydrogen-bond acceptors (Lipinski definition) is 14.